The normalized spacial score (nSPS) is 19.2. The molecule has 33 heavy (non-hydrogen) atoms. The Hall–Kier alpha value is -2.69. The molecule has 0 bridgehead atoms. The van der Waals surface area contributed by atoms with Crippen LogP contribution in [0.25, 0.3) is 5.65 Å². The van der Waals surface area contributed by atoms with Gasteiger partial charge in [-0.3, -0.25) is 0 Å². The summed E-state index contributed by atoms with van der Waals surface area (Å²) in [4.78, 5) is 17.2. The second kappa shape index (κ2) is 9.28. The van der Waals surface area contributed by atoms with E-state index in [1.54, 1.807) is 29.1 Å². The summed E-state index contributed by atoms with van der Waals surface area (Å²) in [7, 11) is 0. The van der Waals surface area contributed by atoms with Crippen LogP contribution in [-0.4, -0.2) is 59.6 Å². The topological polar surface area (TPSA) is 89.1 Å². The third-order valence-electron chi connectivity index (χ3n) is 5.37. The van der Waals surface area contributed by atoms with Crippen LogP contribution in [0.1, 0.15) is 41.7 Å². The minimum atomic E-state index is -4.94. The third kappa shape index (κ3) is 5.29. The maximum absolute atomic E-state index is 13.3. The molecule has 4 rings (SSSR count). The van der Waals surface area contributed by atoms with Crippen molar-refractivity contribution in [1.29, 1.82) is 0 Å². The first-order valence-corrected chi connectivity index (χ1v) is 11.6. The number of alkyl halides is 5. The van der Waals surface area contributed by atoms with Crippen LogP contribution in [-0.2, 0) is 12.7 Å². The van der Waals surface area contributed by atoms with Gasteiger partial charge in [0.2, 0.25) is 0 Å². The van der Waals surface area contributed by atoms with Gasteiger partial charge in [-0.2, -0.15) is 13.2 Å². The van der Waals surface area contributed by atoms with Gasteiger partial charge in [-0.25, -0.2) is 8.78 Å². The summed E-state index contributed by atoms with van der Waals surface area (Å²) in [5, 5.41) is 12.7. The first-order valence-electron chi connectivity index (χ1n) is 10.2. The van der Waals surface area contributed by atoms with E-state index in [4.69, 9.17) is 0 Å². The molecule has 3 atom stereocenters. The molecule has 1 unspecified atom stereocenters. The van der Waals surface area contributed by atoms with Crippen molar-refractivity contribution in [3.05, 3.63) is 35.9 Å². The molecular weight excluding hydrogens is 512 g/mol. The summed E-state index contributed by atoms with van der Waals surface area (Å²) in [6, 6.07) is 1.97. The number of anilines is 2. The van der Waals surface area contributed by atoms with E-state index in [2.05, 4.69) is 25.8 Å². The number of nitrogens with one attached hydrogen (secondary N) is 2. The summed E-state index contributed by atoms with van der Waals surface area (Å²) in [6.07, 6.45) is 0.0991. The van der Waals surface area contributed by atoms with Crippen LogP contribution < -0.4 is 10.6 Å². The number of rotatable bonds is 6. The van der Waals surface area contributed by atoms with Crippen molar-refractivity contribution in [2.24, 2.45) is 0 Å². The van der Waals surface area contributed by atoms with E-state index in [1.807, 2.05) is 0 Å². The number of nitrogens with zero attached hydrogens (tertiary/aromatic N) is 5. The average Bonchev–Trinajstić information content (AvgIpc) is 3.33. The van der Waals surface area contributed by atoms with Gasteiger partial charge in [0.1, 0.15) is 6.54 Å². The fourth-order valence-corrected chi connectivity index (χ4v) is 4.89. The fraction of sp³-hybridized carbons (Fsp3) is 0.474. The predicted octanol–water partition coefficient (Wildman–Crippen LogP) is 3.24. The number of halogens is 5. The van der Waals surface area contributed by atoms with Crippen molar-refractivity contribution in [2.45, 2.75) is 55.6 Å². The van der Waals surface area contributed by atoms with Gasteiger partial charge in [0.05, 0.1) is 0 Å². The Balaban J connectivity index is 1.59. The Morgan fingerprint density at radius 3 is 2.73 bits per heavy atom. The Morgan fingerprint density at radius 2 is 2.03 bits per heavy atom. The molecule has 0 aliphatic heterocycles. The van der Waals surface area contributed by atoms with E-state index < -0.39 is 36.4 Å². The number of aromatic nitrogens is 5. The molecule has 1 fully saturated rings. The van der Waals surface area contributed by atoms with Gasteiger partial charge in [-0.1, -0.05) is 0 Å². The van der Waals surface area contributed by atoms with Crippen molar-refractivity contribution in [3.63, 3.8) is 0 Å². The molecule has 2 N–H and O–H groups in total. The molecule has 0 spiro atoms. The van der Waals surface area contributed by atoms with Gasteiger partial charge < -0.3 is 0 Å². The fourth-order valence-electron chi connectivity index (χ4n) is 3.78. The number of fused-ring (bicyclic) bond motifs is 1. The van der Waals surface area contributed by atoms with Crippen LogP contribution in [0.5, 0.6) is 0 Å². The van der Waals surface area contributed by atoms with Crippen molar-refractivity contribution in [1.82, 2.24) is 24.4 Å². The number of carbonyl (C=O) groups is 1. The van der Waals surface area contributed by atoms with Crippen molar-refractivity contribution in [3.8, 4) is 0 Å². The van der Waals surface area contributed by atoms with E-state index in [0.29, 0.717) is 15.2 Å². The van der Waals surface area contributed by atoms with Crippen LogP contribution in [0.2, 0.25) is 4.71 Å². The van der Waals surface area contributed by atoms with Gasteiger partial charge in [-0.15, -0.1) is 0 Å². The summed E-state index contributed by atoms with van der Waals surface area (Å²) >= 11 is 1.65. The zero-order valence-corrected chi connectivity index (χ0v) is 19.6. The van der Waals surface area contributed by atoms with Gasteiger partial charge in [-0.05, 0) is 0 Å². The summed E-state index contributed by atoms with van der Waals surface area (Å²) in [6.45, 7) is -1.03. The van der Waals surface area contributed by atoms with E-state index in [0.717, 1.165) is 25.5 Å². The molecule has 0 saturated heterocycles. The standard InChI is InChI=1S/C19H21AsF5N7O/c20-11-3-1-2-4-12(11)27-15-5-6-32-17(29-15)10(7-26-32)18(33)28-13-8-31(9-14(21)22)30-16(13)19(23,24)25/h5-8,11-12,14H,1-4,9,20H2,(H,27,29)(H,28,33)/t11-,12+/m0/s1. The third-order valence-corrected chi connectivity index (χ3v) is 7.04. The molecule has 1 aliphatic carbocycles. The van der Waals surface area contributed by atoms with Crippen molar-refractivity contribution in [2.75, 3.05) is 10.6 Å². The number of carbonyl (C=O) groups excluding carboxylic acids is 1. The van der Waals surface area contributed by atoms with Crippen LogP contribution in [0.3, 0.4) is 0 Å². The zero-order chi connectivity index (χ0) is 23.8. The molecule has 0 radical (unpaired) electrons. The molecule has 8 nitrogen and oxygen atoms in total. The summed E-state index contributed by atoms with van der Waals surface area (Å²) in [5.74, 6) is -0.376. The van der Waals surface area contributed by atoms with E-state index in [9.17, 15) is 26.7 Å². The van der Waals surface area contributed by atoms with Gasteiger partial charge in [0.25, 0.3) is 6.43 Å². The molecular formula is C19H21AsF5N7O. The quantitative estimate of drug-likeness (QED) is 0.376. The van der Waals surface area contributed by atoms with Crippen LogP contribution in [0.15, 0.2) is 24.7 Å². The van der Waals surface area contributed by atoms with E-state index >= 15 is 0 Å². The molecule has 3 aromatic heterocycles. The number of hydrogen-bond donors (Lipinski definition) is 2. The molecule has 0 aromatic carbocycles. The SMILES string of the molecule is O=C(Nc1cn(CC(F)F)nc1C(F)(F)F)c1cnn2ccc(N[C@@H]3CCCC[C@@H]3[AsH2])nc12. The Kier molecular flexibility index (Phi) is 6.60. The second-order valence-corrected chi connectivity index (χ2v) is 9.59. The second-order valence-electron chi connectivity index (χ2n) is 7.79. The van der Waals surface area contributed by atoms with Gasteiger partial charge >= 0.3 is 158 Å². The first-order chi connectivity index (χ1) is 15.6. The van der Waals surface area contributed by atoms with Crippen molar-refractivity contribution < 1.29 is 26.7 Å². The number of hydrogen-bond acceptors (Lipinski definition) is 5. The molecule has 14 heteroatoms. The van der Waals surface area contributed by atoms with Crippen LogP contribution in [0, 0.1) is 0 Å². The predicted molar refractivity (Wildman–Crippen MR) is 112 cm³/mol. The maximum atomic E-state index is 13.3. The zero-order valence-electron chi connectivity index (χ0n) is 17.2. The first kappa shape index (κ1) is 23.5. The summed E-state index contributed by atoms with van der Waals surface area (Å²) in [5.41, 5.74) is -2.09. The Morgan fingerprint density at radius 1 is 1.27 bits per heavy atom. The minimum absolute atomic E-state index is 0.0608. The molecule has 1 aliphatic rings. The number of amides is 1. The Bertz CT molecular complexity index is 1150. The van der Waals surface area contributed by atoms with Gasteiger partial charge in [0.15, 0.2) is 0 Å². The molecule has 3 aromatic rings. The molecule has 3 heterocycles. The monoisotopic (exact) mass is 533 g/mol. The van der Waals surface area contributed by atoms with E-state index in [1.165, 1.54) is 17.1 Å². The van der Waals surface area contributed by atoms with Crippen LogP contribution >= 0.6 is 0 Å². The van der Waals surface area contributed by atoms with E-state index in [-0.39, 0.29) is 17.3 Å². The molecule has 178 valence electrons. The van der Waals surface area contributed by atoms with Crippen molar-refractivity contribution >= 4 is 39.9 Å². The molecule has 1 saturated carbocycles. The molecule has 1 amide bonds. The average molecular weight is 533 g/mol. The van der Waals surface area contributed by atoms with Gasteiger partial charge in [0, 0.05) is 0 Å². The summed E-state index contributed by atoms with van der Waals surface area (Å²) < 4.78 is 67.4. The van der Waals surface area contributed by atoms with Crippen LogP contribution in [0.4, 0.5) is 33.5 Å². The Labute approximate surface area is 193 Å².